The quantitative estimate of drug-likeness (QED) is 0.842. The Morgan fingerprint density at radius 1 is 1.23 bits per heavy atom. The van der Waals surface area contributed by atoms with Crippen molar-refractivity contribution < 1.29 is 14.6 Å². The predicted octanol–water partition coefficient (Wildman–Crippen LogP) is 3.88. The minimum atomic E-state index is -0.949. The molecule has 0 saturated heterocycles. The molecule has 4 heteroatoms. The van der Waals surface area contributed by atoms with E-state index in [1.165, 1.54) is 0 Å². The molecule has 0 bridgehead atoms. The molecule has 0 radical (unpaired) electrons. The Bertz CT molecular complexity index is 621. The molecule has 0 spiro atoms. The van der Waals surface area contributed by atoms with Crippen molar-refractivity contribution in [2.45, 2.75) is 25.9 Å². The molecule has 1 aromatic heterocycles. The number of carboxylic acid groups (broad SMARTS) is 1. The molecule has 2 aromatic rings. The molecule has 1 N–H and O–H groups in total. The number of rotatable bonds is 7. The summed E-state index contributed by atoms with van der Waals surface area (Å²) in [6.07, 6.45) is 5.83. The molecule has 0 amide bonds. The number of hydrogen-bond donors (Lipinski definition) is 1. The molecule has 114 valence electrons. The zero-order valence-electron chi connectivity index (χ0n) is 12.5. The lowest BCUT2D eigenvalue weighted by atomic mass is 10.2. The first-order valence-electron chi connectivity index (χ1n) is 7.27. The first-order chi connectivity index (χ1) is 10.7. The summed E-state index contributed by atoms with van der Waals surface area (Å²) < 4.78 is 5.45. The van der Waals surface area contributed by atoms with Crippen LogP contribution in [0.1, 0.15) is 31.0 Å². The lowest BCUT2D eigenvalue weighted by Gasteiger charge is -2.13. The number of carbonyl (C=O) groups is 1. The number of benzene rings is 1. The van der Waals surface area contributed by atoms with Gasteiger partial charge < -0.3 is 9.84 Å². The SMILES string of the molecule is CCC[C@H](Oc1ccc(/C=C/c2ccccc2)nc1)C(=O)O. The minimum Gasteiger partial charge on any atom is -0.479 e. The van der Waals surface area contributed by atoms with Crippen LogP contribution in [0.2, 0.25) is 0 Å². The molecule has 0 fully saturated rings. The highest BCUT2D eigenvalue weighted by molar-refractivity contribution is 5.72. The van der Waals surface area contributed by atoms with Gasteiger partial charge in [0.2, 0.25) is 0 Å². The van der Waals surface area contributed by atoms with Crippen LogP contribution < -0.4 is 4.74 Å². The highest BCUT2D eigenvalue weighted by atomic mass is 16.5. The molecule has 1 aromatic carbocycles. The Balaban J connectivity index is 2.01. The van der Waals surface area contributed by atoms with E-state index in [0.29, 0.717) is 12.2 Å². The third kappa shape index (κ3) is 4.74. The highest BCUT2D eigenvalue weighted by Crippen LogP contribution is 2.15. The highest BCUT2D eigenvalue weighted by Gasteiger charge is 2.18. The van der Waals surface area contributed by atoms with Gasteiger partial charge in [-0.1, -0.05) is 49.8 Å². The van der Waals surface area contributed by atoms with E-state index < -0.39 is 12.1 Å². The molecule has 0 aliphatic heterocycles. The van der Waals surface area contributed by atoms with Crippen LogP contribution >= 0.6 is 0 Å². The van der Waals surface area contributed by atoms with E-state index in [0.717, 1.165) is 17.7 Å². The van der Waals surface area contributed by atoms with Crippen LogP contribution in [0, 0.1) is 0 Å². The van der Waals surface area contributed by atoms with Crippen molar-refractivity contribution in [1.82, 2.24) is 4.98 Å². The lowest BCUT2D eigenvalue weighted by molar-refractivity contribution is -0.145. The van der Waals surface area contributed by atoms with Gasteiger partial charge in [0.05, 0.1) is 11.9 Å². The fourth-order valence-electron chi connectivity index (χ4n) is 1.97. The summed E-state index contributed by atoms with van der Waals surface area (Å²) in [6.45, 7) is 1.93. The fraction of sp³-hybridized carbons (Fsp3) is 0.222. The summed E-state index contributed by atoms with van der Waals surface area (Å²) in [7, 11) is 0. The van der Waals surface area contributed by atoms with Crippen molar-refractivity contribution in [3.63, 3.8) is 0 Å². The lowest BCUT2D eigenvalue weighted by Crippen LogP contribution is -2.26. The van der Waals surface area contributed by atoms with Gasteiger partial charge in [-0.25, -0.2) is 4.79 Å². The van der Waals surface area contributed by atoms with Crippen LogP contribution in [-0.4, -0.2) is 22.2 Å². The summed E-state index contributed by atoms with van der Waals surface area (Å²) in [6, 6.07) is 13.5. The second-order valence-corrected chi connectivity index (χ2v) is 4.90. The number of hydrogen-bond acceptors (Lipinski definition) is 3. The molecule has 1 heterocycles. The third-order valence-corrected chi connectivity index (χ3v) is 3.11. The standard InChI is InChI=1S/C18H19NO3/c1-2-6-17(18(20)21)22-16-12-11-15(19-13-16)10-9-14-7-4-3-5-8-14/h3-5,7-13,17H,2,6H2,1H3,(H,20,21)/b10-9+/t17-/m0/s1. The van der Waals surface area contributed by atoms with E-state index in [2.05, 4.69) is 4.98 Å². The Morgan fingerprint density at radius 2 is 2.00 bits per heavy atom. The summed E-state index contributed by atoms with van der Waals surface area (Å²) in [4.78, 5) is 15.3. The van der Waals surface area contributed by atoms with Crippen molar-refractivity contribution in [2.24, 2.45) is 0 Å². The van der Waals surface area contributed by atoms with Crippen molar-refractivity contribution in [1.29, 1.82) is 0 Å². The number of pyridine rings is 1. The molecule has 0 saturated carbocycles. The second-order valence-electron chi connectivity index (χ2n) is 4.90. The van der Waals surface area contributed by atoms with Gasteiger partial charge in [-0.05, 0) is 30.2 Å². The van der Waals surface area contributed by atoms with Crippen molar-refractivity contribution in [2.75, 3.05) is 0 Å². The van der Waals surface area contributed by atoms with E-state index in [1.54, 1.807) is 18.3 Å². The molecule has 2 rings (SSSR count). The number of carboxylic acids is 1. The van der Waals surface area contributed by atoms with Crippen LogP contribution in [0.4, 0.5) is 0 Å². The Morgan fingerprint density at radius 3 is 2.59 bits per heavy atom. The topological polar surface area (TPSA) is 59.4 Å². The maximum atomic E-state index is 11.1. The van der Waals surface area contributed by atoms with Gasteiger partial charge in [-0.3, -0.25) is 4.98 Å². The smallest absolute Gasteiger partial charge is 0.344 e. The molecule has 4 nitrogen and oxygen atoms in total. The molecule has 0 aliphatic rings. The van der Waals surface area contributed by atoms with Gasteiger partial charge in [-0.15, -0.1) is 0 Å². The van der Waals surface area contributed by atoms with Crippen molar-refractivity contribution in [3.8, 4) is 5.75 Å². The number of nitrogens with zero attached hydrogens (tertiary/aromatic N) is 1. The third-order valence-electron chi connectivity index (χ3n) is 3.11. The Labute approximate surface area is 130 Å². The molecule has 1 atom stereocenters. The molecule has 22 heavy (non-hydrogen) atoms. The summed E-state index contributed by atoms with van der Waals surface area (Å²) in [5.74, 6) is -0.479. The van der Waals surface area contributed by atoms with Gasteiger partial charge in [0.25, 0.3) is 0 Å². The summed E-state index contributed by atoms with van der Waals surface area (Å²) in [5, 5.41) is 9.07. The number of aliphatic carboxylic acids is 1. The van der Waals surface area contributed by atoms with Crippen molar-refractivity contribution in [3.05, 3.63) is 59.9 Å². The molecular weight excluding hydrogens is 278 g/mol. The first kappa shape index (κ1) is 15.8. The van der Waals surface area contributed by atoms with Crippen molar-refractivity contribution >= 4 is 18.1 Å². The van der Waals surface area contributed by atoms with E-state index in [-0.39, 0.29) is 0 Å². The van der Waals surface area contributed by atoms with Gasteiger partial charge in [0.1, 0.15) is 5.75 Å². The largest absolute Gasteiger partial charge is 0.479 e. The van der Waals surface area contributed by atoms with Crippen LogP contribution in [0.3, 0.4) is 0 Å². The first-order valence-corrected chi connectivity index (χ1v) is 7.27. The zero-order valence-corrected chi connectivity index (χ0v) is 12.5. The van der Waals surface area contributed by atoms with E-state index in [4.69, 9.17) is 9.84 Å². The normalized spacial score (nSPS) is 12.2. The number of ether oxygens (including phenoxy) is 1. The van der Waals surface area contributed by atoms with Gasteiger partial charge in [0, 0.05) is 0 Å². The second kappa shape index (κ2) is 7.98. The molecular formula is C18H19NO3. The van der Waals surface area contributed by atoms with E-state index in [9.17, 15) is 4.79 Å². The van der Waals surface area contributed by atoms with Gasteiger partial charge in [0.15, 0.2) is 6.10 Å². The van der Waals surface area contributed by atoms with E-state index >= 15 is 0 Å². The zero-order chi connectivity index (χ0) is 15.8. The van der Waals surface area contributed by atoms with Crippen LogP contribution in [-0.2, 0) is 4.79 Å². The van der Waals surface area contributed by atoms with Crippen LogP contribution in [0.15, 0.2) is 48.7 Å². The van der Waals surface area contributed by atoms with Crippen LogP contribution in [0.5, 0.6) is 5.75 Å². The summed E-state index contributed by atoms with van der Waals surface area (Å²) >= 11 is 0. The molecule has 0 aliphatic carbocycles. The van der Waals surface area contributed by atoms with Crippen LogP contribution in [0.25, 0.3) is 12.2 Å². The monoisotopic (exact) mass is 297 g/mol. The Kier molecular flexibility index (Phi) is 5.72. The Hall–Kier alpha value is -2.62. The minimum absolute atomic E-state index is 0.470. The van der Waals surface area contributed by atoms with Gasteiger partial charge in [-0.2, -0.15) is 0 Å². The van der Waals surface area contributed by atoms with E-state index in [1.807, 2.05) is 49.4 Å². The summed E-state index contributed by atoms with van der Waals surface area (Å²) in [5.41, 5.74) is 1.89. The fourth-order valence-corrected chi connectivity index (χ4v) is 1.97. The maximum absolute atomic E-state index is 11.1. The predicted molar refractivity (Wildman–Crippen MR) is 86.6 cm³/mol. The average molecular weight is 297 g/mol. The average Bonchev–Trinajstić information content (AvgIpc) is 2.54. The van der Waals surface area contributed by atoms with Gasteiger partial charge >= 0.3 is 5.97 Å². The number of aromatic nitrogens is 1. The maximum Gasteiger partial charge on any atom is 0.344 e. The molecule has 0 unspecified atom stereocenters.